The van der Waals surface area contributed by atoms with E-state index in [1.165, 1.54) is 25.7 Å². The summed E-state index contributed by atoms with van der Waals surface area (Å²) in [7, 11) is 2.15. The van der Waals surface area contributed by atoms with E-state index in [4.69, 9.17) is 5.73 Å². The van der Waals surface area contributed by atoms with Crippen molar-refractivity contribution in [3.63, 3.8) is 0 Å². The zero-order valence-electron chi connectivity index (χ0n) is 11.8. The van der Waals surface area contributed by atoms with Crippen molar-refractivity contribution in [3.05, 3.63) is 0 Å². The van der Waals surface area contributed by atoms with E-state index in [-0.39, 0.29) is 6.10 Å². The van der Waals surface area contributed by atoms with E-state index in [9.17, 15) is 5.11 Å². The van der Waals surface area contributed by atoms with Crippen LogP contribution in [-0.2, 0) is 0 Å². The molecule has 3 heteroatoms. The number of nitrogens with zero attached hydrogens (tertiary/aromatic N) is 1. The normalized spacial score (nSPS) is 31.8. The first-order chi connectivity index (χ1) is 7.97. The highest BCUT2D eigenvalue weighted by molar-refractivity contribution is 4.87. The van der Waals surface area contributed by atoms with Crippen LogP contribution >= 0.6 is 0 Å². The third-order valence-corrected chi connectivity index (χ3v) is 4.30. The molecule has 0 aromatic carbocycles. The Bertz CT molecular complexity index is 210. The van der Waals surface area contributed by atoms with E-state index in [2.05, 4.69) is 18.9 Å². The lowest BCUT2D eigenvalue weighted by molar-refractivity contribution is 0.0960. The molecule has 1 aliphatic rings. The summed E-state index contributed by atoms with van der Waals surface area (Å²) in [4.78, 5) is 2.34. The van der Waals surface area contributed by atoms with Gasteiger partial charge in [0.1, 0.15) is 0 Å². The van der Waals surface area contributed by atoms with Gasteiger partial charge in [0.2, 0.25) is 0 Å². The average molecular weight is 242 g/mol. The number of nitrogens with two attached hydrogens (primary N) is 1. The van der Waals surface area contributed by atoms with E-state index in [1.807, 2.05) is 6.92 Å². The predicted octanol–water partition coefficient (Wildman–Crippen LogP) is 1.84. The first-order valence-corrected chi connectivity index (χ1v) is 7.04. The zero-order valence-corrected chi connectivity index (χ0v) is 11.8. The minimum Gasteiger partial charge on any atom is -0.393 e. The van der Waals surface area contributed by atoms with Gasteiger partial charge < -0.3 is 15.7 Å². The van der Waals surface area contributed by atoms with Gasteiger partial charge in [-0.05, 0) is 51.1 Å². The van der Waals surface area contributed by atoms with Crippen LogP contribution < -0.4 is 5.73 Å². The molecule has 0 aromatic rings. The molecule has 0 aromatic heterocycles. The van der Waals surface area contributed by atoms with Gasteiger partial charge in [-0.2, -0.15) is 0 Å². The van der Waals surface area contributed by atoms with Crippen LogP contribution in [0.25, 0.3) is 0 Å². The van der Waals surface area contributed by atoms with Gasteiger partial charge in [-0.3, -0.25) is 0 Å². The molecule has 0 radical (unpaired) electrons. The fourth-order valence-corrected chi connectivity index (χ4v) is 2.86. The molecular formula is C14H30N2O. The Morgan fingerprint density at radius 2 is 2.00 bits per heavy atom. The summed E-state index contributed by atoms with van der Waals surface area (Å²) in [5, 5.41) is 9.31. The Kier molecular flexibility index (Phi) is 5.90. The highest BCUT2D eigenvalue weighted by atomic mass is 16.3. The molecule has 0 aliphatic heterocycles. The van der Waals surface area contributed by atoms with Crippen molar-refractivity contribution in [3.8, 4) is 0 Å². The molecule has 0 heterocycles. The smallest absolute Gasteiger partial charge is 0.0524 e. The standard InChI is InChI=1S/C14H30N2O/c1-12-4-7-14(10-15,8-5-12)11-16(3)9-6-13(2)17/h12-13,17H,4-11,15H2,1-3H3. The van der Waals surface area contributed by atoms with Crippen molar-refractivity contribution in [1.82, 2.24) is 4.90 Å². The molecule has 0 spiro atoms. The van der Waals surface area contributed by atoms with Crippen LogP contribution in [-0.4, -0.2) is 42.8 Å². The topological polar surface area (TPSA) is 49.5 Å². The summed E-state index contributed by atoms with van der Waals surface area (Å²) in [5.74, 6) is 0.873. The lowest BCUT2D eigenvalue weighted by Gasteiger charge is -2.41. The van der Waals surface area contributed by atoms with Gasteiger partial charge in [0, 0.05) is 13.1 Å². The minimum atomic E-state index is -0.197. The molecular weight excluding hydrogens is 212 g/mol. The first-order valence-electron chi connectivity index (χ1n) is 7.04. The Labute approximate surface area is 106 Å². The number of aliphatic hydroxyl groups excluding tert-OH is 1. The number of rotatable bonds is 6. The number of aliphatic hydroxyl groups is 1. The third kappa shape index (κ3) is 4.94. The molecule has 102 valence electrons. The van der Waals surface area contributed by atoms with Crippen LogP contribution in [0.3, 0.4) is 0 Å². The van der Waals surface area contributed by atoms with Gasteiger partial charge in [0.25, 0.3) is 0 Å². The second kappa shape index (κ2) is 6.72. The largest absolute Gasteiger partial charge is 0.393 e. The van der Waals surface area contributed by atoms with Gasteiger partial charge in [-0.1, -0.05) is 19.8 Å². The van der Waals surface area contributed by atoms with Gasteiger partial charge in [-0.15, -0.1) is 0 Å². The third-order valence-electron chi connectivity index (χ3n) is 4.30. The summed E-state index contributed by atoms with van der Waals surface area (Å²) in [6, 6.07) is 0. The molecule has 3 N–H and O–H groups in total. The first kappa shape index (κ1) is 14.9. The molecule has 17 heavy (non-hydrogen) atoms. The molecule has 1 fully saturated rings. The molecule has 1 saturated carbocycles. The number of hydrogen-bond donors (Lipinski definition) is 2. The van der Waals surface area contributed by atoms with Crippen molar-refractivity contribution in [2.45, 2.75) is 52.1 Å². The summed E-state index contributed by atoms with van der Waals surface area (Å²) in [6.07, 6.45) is 5.83. The van der Waals surface area contributed by atoms with Crippen LogP contribution in [0.15, 0.2) is 0 Å². The van der Waals surface area contributed by atoms with Crippen molar-refractivity contribution < 1.29 is 5.11 Å². The van der Waals surface area contributed by atoms with Gasteiger partial charge >= 0.3 is 0 Å². The maximum absolute atomic E-state index is 9.31. The molecule has 1 unspecified atom stereocenters. The maximum atomic E-state index is 9.31. The van der Waals surface area contributed by atoms with E-state index in [1.54, 1.807) is 0 Å². The molecule has 0 bridgehead atoms. The summed E-state index contributed by atoms with van der Waals surface area (Å²) < 4.78 is 0. The highest BCUT2D eigenvalue weighted by Crippen LogP contribution is 2.38. The summed E-state index contributed by atoms with van der Waals surface area (Å²) >= 11 is 0. The van der Waals surface area contributed by atoms with Crippen molar-refractivity contribution >= 4 is 0 Å². The average Bonchev–Trinajstić information content (AvgIpc) is 2.30. The van der Waals surface area contributed by atoms with Crippen LogP contribution in [0.1, 0.15) is 46.0 Å². The van der Waals surface area contributed by atoms with E-state index in [0.29, 0.717) is 5.41 Å². The van der Waals surface area contributed by atoms with E-state index >= 15 is 0 Å². The molecule has 1 aliphatic carbocycles. The van der Waals surface area contributed by atoms with Crippen LogP contribution in [0.5, 0.6) is 0 Å². The molecule has 0 amide bonds. The van der Waals surface area contributed by atoms with Crippen molar-refractivity contribution in [1.29, 1.82) is 0 Å². The van der Waals surface area contributed by atoms with Crippen LogP contribution in [0.2, 0.25) is 0 Å². The molecule has 3 nitrogen and oxygen atoms in total. The Morgan fingerprint density at radius 1 is 1.41 bits per heavy atom. The molecule has 1 atom stereocenters. The second-order valence-corrected chi connectivity index (χ2v) is 6.26. The van der Waals surface area contributed by atoms with Crippen molar-refractivity contribution in [2.24, 2.45) is 17.1 Å². The second-order valence-electron chi connectivity index (χ2n) is 6.26. The Hall–Kier alpha value is -0.120. The highest BCUT2D eigenvalue weighted by Gasteiger charge is 2.33. The van der Waals surface area contributed by atoms with Gasteiger partial charge in [-0.25, -0.2) is 0 Å². The minimum absolute atomic E-state index is 0.197. The van der Waals surface area contributed by atoms with E-state index < -0.39 is 0 Å². The predicted molar refractivity (Wildman–Crippen MR) is 72.9 cm³/mol. The fourth-order valence-electron chi connectivity index (χ4n) is 2.86. The number of hydrogen-bond acceptors (Lipinski definition) is 3. The Balaban J connectivity index is 2.40. The molecule has 0 saturated heterocycles. The zero-order chi connectivity index (χ0) is 12.9. The van der Waals surface area contributed by atoms with Crippen LogP contribution in [0, 0.1) is 11.3 Å². The van der Waals surface area contributed by atoms with E-state index in [0.717, 1.165) is 32.0 Å². The van der Waals surface area contributed by atoms with Gasteiger partial charge in [0.15, 0.2) is 0 Å². The molecule has 1 rings (SSSR count). The fraction of sp³-hybridized carbons (Fsp3) is 1.00. The Morgan fingerprint density at radius 3 is 2.47 bits per heavy atom. The van der Waals surface area contributed by atoms with Crippen LogP contribution in [0.4, 0.5) is 0 Å². The summed E-state index contributed by atoms with van der Waals surface area (Å²) in [6.45, 7) is 7.06. The monoisotopic (exact) mass is 242 g/mol. The quantitative estimate of drug-likeness (QED) is 0.747. The maximum Gasteiger partial charge on any atom is 0.0524 e. The lowest BCUT2D eigenvalue weighted by Crippen LogP contribution is -2.44. The lowest BCUT2D eigenvalue weighted by atomic mass is 9.70. The summed E-state index contributed by atoms with van der Waals surface area (Å²) in [5.41, 5.74) is 6.35. The van der Waals surface area contributed by atoms with Crippen molar-refractivity contribution in [2.75, 3.05) is 26.7 Å². The SMILES string of the molecule is CC(O)CCN(C)CC1(CN)CCC(C)CC1. The van der Waals surface area contributed by atoms with Gasteiger partial charge in [0.05, 0.1) is 6.10 Å².